The van der Waals surface area contributed by atoms with E-state index in [9.17, 15) is 10.1 Å². The normalized spacial score (nSPS) is 16.1. The number of piperazine rings is 1. The summed E-state index contributed by atoms with van der Waals surface area (Å²) < 4.78 is 0. The highest BCUT2D eigenvalue weighted by molar-refractivity contribution is 5.90. The average Bonchev–Trinajstić information content (AvgIpc) is 3.01. The van der Waals surface area contributed by atoms with E-state index in [0.717, 1.165) is 49.1 Å². The highest BCUT2D eigenvalue weighted by Crippen LogP contribution is 2.29. The number of carboxylic acid groups (broad SMARTS) is 1. The Kier molecular flexibility index (Phi) is 10.6. The molecule has 4 N–H and O–H groups in total. The molecule has 1 unspecified atom stereocenters. The van der Waals surface area contributed by atoms with E-state index in [1.54, 1.807) is 0 Å². The number of aliphatic carboxylic acids is 1. The molecule has 2 heterocycles. The summed E-state index contributed by atoms with van der Waals surface area (Å²) in [5.74, 6) is -0.329. The fourth-order valence-electron chi connectivity index (χ4n) is 5.18. The fourth-order valence-corrected chi connectivity index (χ4v) is 5.18. The Morgan fingerprint density at radius 1 is 1.05 bits per heavy atom. The molecular weight excluding hydrogens is 544 g/mol. The van der Waals surface area contributed by atoms with Crippen molar-refractivity contribution in [3.63, 3.8) is 0 Å². The maximum absolute atomic E-state index is 13.5. The number of rotatable bonds is 4. The van der Waals surface area contributed by atoms with Crippen LogP contribution in [-0.4, -0.2) is 73.1 Å². The van der Waals surface area contributed by atoms with Crippen molar-refractivity contribution in [2.75, 3.05) is 50.5 Å². The van der Waals surface area contributed by atoms with Crippen molar-refractivity contribution >= 4 is 35.0 Å². The van der Waals surface area contributed by atoms with Crippen LogP contribution in [0.15, 0.2) is 77.8 Å². The van der Waals surface area contributed by atoms with Crippen molar-refractivity contribution < 1.29 is 14.7 Å². The number of benzene rings is 3. The Labute approximate surface area is 252 Å². The van der Waals surface area contributed by atoms with Crippen LogP contribution in [0.2, 0.25) is 0 Å². The number of carbonyl (C=O) groups excluding carboxylic acids is 1. The molecule has 0 aromatic heterocycles. The van der Waals surface area contributed by atoms with Gasteiger partial charge in [-0.25, -0.2) is 9.79 Å². The van der Waals surface area contributed by atoms with Gasteiger partial charge >= 0.3 is 6.03 Å². The molecule has 0 bridgehead atoms. The predicted molar refractivity (Wildman–Crippen MR) is 168 cm³/mol. The summed E-state index contributed by atoms with van der Waals surface area (Å²) in [5, 5.41) is 26.3. The van der Waals surface area contributed by atoms with E-state index in [1.165, 1.54) is 11.1 Å². The molecule has 11 nitrogen and oxygen atoms in total. The number of urea groups is 1. The van der Waals surface area contributed by atoms with Crippen LogP contribution in [0.25, 0.3) is 0 Å². The first-order valence-corrected chi connectivity index (χ1v) is 14.2. The lowest BCUT2D eigenvalue weighted by Crippen LogP contribution is -2.55. The van der Waals surface area contributed by atoms with Gasteiger partial charge in [-0.1, -0.05) is 42.5 Å². The topological polar surface area (TPSA) is 136 Å². The van der Waals surface area contributed by atoms with Gasteiger partial charge in [0.15, 0.2) is 6.19 Å². The van der Waals surface area contributed by atoms with Crippen molar-refractivity contribution in [3.8, 4) is 6.19 Å². The van der Waals surface area contributed by atoms with Gasteiger partial charge < -0.3 is 30.4 Å². The van der Waals surface area contributed by atoms with E-state index in [1.807, 2.05) is 90.6 Å². The summed E-state index contributed by atoms with van der Waals surface area (Å²) in [4.78, 5) is 33.4. The Morgan fingerprint density at radius 2 is 1.77 bits per heavy atom. The van der Waals surface area contributed by atoms with Crippen LogP contribution in [0.5, 0.6) is 0 Å². The number of carboxylic acids is 1. The number of fused-ring (bicyclic) bond motifs is 1. The number of hydrogen-bond acceptors (Lipinski definition) is 6. The summed E-state index contributed by atoms with van der Waals surface area (Å²) in [5.41, 5.74) is 6.17. The molecule has 2 aliphatic heterocycles. The van der Waals surface area contributed by atoms with E-state index >= 15 is 0 Å². The number of nitrogens with zero attached hydrogens (tertiary/aromatic N) is 5. The largest absolute Gasteiger partial charge is 0.481 e. The highest BCUT2D eigenvalue weighted by Gasteiger charge is 2.33. The van der Waals surface area contributed by atoms with E-state index in [0.29, 0.717) is 25.6 Å². The van der Waals surface area contributed by atoms with Crippen molar-refractivity contribution in [1.29, 1.82) is 5.26 Å². The third kappa shape index (κ3) is 8.24. The molecule has 11 heteroatoms. The second-order valence-electron chi connectivity index (χ2n) is 10.5. The lowest BCUT2D eigenvalue weighted by Gasteiger charge is -2.42. The van der Waals surface area contributed by atoms with Crippen molar-refractivity contribution in [2.24, 2.45) is 4.99 Å². The predicted octanol–water partition coefficient (Wildman–Crippen LogP) is 4.14. The number of hydrogen-bond donors (Lipinski definition) is 4. The number of nitrogens with one attached hydrogen (secondary N) is 3. The van der Waals surface area contributed by atoms with E-state index in [-0.39, 0.29) is 12.1 Å². The summed E-state index contributed by atoms with van der Waals surface area (Å²) in [6.45, 7) is 4.33. The number of amides is 2. The maximum Gasteiger partial charge on any atom is 0.322 e. The molecule has 2 amide bonds. The van der Waals surface area contributed by atoms with Crippen molar-refractivity contribution in [1.82, 2.24) is 20.4 Å². The van der Waals surface area contributed by atoms with Crippen LogP contribution < -0.4 is 20.9 Å². The first kappa shape index (κ1) is 30.9. The molecule has 1 fully saturated rings. The quantitative estimate of drug-likeness (QED) is 0.156. The van der Waals surface area contributed by atoms with Crippen LogP contribution in [0, 0.1) is 11.5 Å². The van der Waals surface area contributed by atoms with Gasteiger partial charge in [-0.05, 0) is 60.0 Å². The number of carbonyl (C=O) groups is 2. The summed E-state index contributed by atoms with van der Waals surface area (Å²) in [6, 6.07) is 23.6. The Morgan fingerprint density at radius 3 is 2.44 bits per heavy atom. The average molecular weight is 583 g/mol. The minimum absolute atomic E-state index is 0.155. The number of nitriles is 1. The van der Waals surface area contributed by atoms with E-state index in [4.69, 9.17) is 14.9 Å². The zero-order chi connectivity index (χ0) is 30.8. The number of aliphatic imine (C=N–C) groups is 1. The van der Waals surface area contributed by atoms with Crippen LogP contribution in [-0.2, 0) is 17.8 Å². The zero-order valence-electron chi connectivity index (χ0n) is 24.7. The van der Waals surface area contributed by atoms with Crippen LogP contribution in [0.4, 0.5) is 21.9 Å². The molecule has 43 heavy (non-hydrogen) atoms. The smallest absolute Gasteiger partial charge is 0.322 e. The van der Waals surface area contributed by atoms with Gasteiger partial charge in [0.2, 0.25) is 5.96 Å². The highest BCUT2D eigenvalue weighted by atomic mass is 16.4. The van der Waals surface area contributed by atoms with Gasteiger partial charge in [0, 0.05) is 58.6 Å². The first-order valence-electron chi connectivity index (χ1n) is 14.2. The Bertz CT molecular complexity index is 1460. The molecule has 2 aliphatic rings. The molecular formula is C32H38N8O3. The third-order valence-electron chi connectivity index (χ3n) is 7.27. The molecule has 0 aliphatic carbocycles. The molecule has 1 saturated heterocycles. The zero-order valence-corrected chi connectivity index (χ0v) is 24.7. The molecule has 224 valence electrons. The molecule has 3 aromatic carbocycles. The second-order valence-corrected chi connectivity index (χ2v) is 10.5. The van der Waals surface area contributed by atoms with Gasteiger partial charge in [0.1, 0.15) is 0 Å². The molecule has 0 saturated carbocycles. The minimum Gasteiger partial charge on any atom is -0.481 e. The number of guanidine groups is 1. The molecule has 0 spiro atoms. The SMILES string of the molecule is CC(=O)O.CN(C)c1ccc(NC(=O)N2CCN(C(=Nc3cccc4c3CCNC4)NC#N)CC2c2ccccc2)cc1. The second kappa shape index (κ2) is 14.7. The van der Waals surface area contributed by atoms with E-state index < -0.39 is 5.97 Å². The summed E-state index contributed by atoms with van der Waals surface area (Å²) in [7, 11) is 3.97. The van der Waals surface area contributed by atoms with Gasteiger partial charge in [0.25, 0.3) is 5.97 Å². The van der Waals surface area contributed by atoms with Crippen LogP contribution >= 0.6 is 0 Å². The minimum atomic E-state index is -0.833. The third-order valence-corrected chi connectivity index (χ3v) is 7.27. The molecule has 5 rings (SSSR count). The Balaban J connectivity index is 0.000000996. The monoisotopic (exact) mass is 582 g/mol. The number of anilines is 2. The molecule has 0 radical (unpaired) electrons. The summed E-state index contributed by atoms with van der Waals surface area (Å²) >= 11 is 0. The molecule has 3 aromatic rings. The maximum atomic E-state index is 13.5. The van der Waals surface area contributed by atoms with Crippen LogP contribution in [0.1, 0.15) is 29.7 Å². The van der Waals surface area contributed by atoms with Crippen LogP contribution in [0.3, 0.4) is 0 Å². The van der Waals surface area contributed by atoms with E-state index in [2.05, 4.69) is 33.1 Å². The first-order chi connectivity index (χ1) is 20.8. The lowest BCUT2D eigenvalue weighted by molar-refractivity contribution is -0.134. The summed E-state index contributed by atoms with van der Waals surface area (Å²) in [6.07, 6.45) is 2.96. The van der Waals surface area contributed by atoms with Crippen molar-refractivity contribution in [2.45, 2.75) is 25.9 Å². The van der Waals surface area contributed by atoms with Gasteiger partial charge in [-0.3, -0.25) is 10.1 Å². The standard InChI is InChI=1S/C30H34N8O.C2H4O2/c1-36(2)25-13-11-24(12-14-25)34-30(39)38-18-17-37(20-28(38)22-7-4-3-5-8-22)29(33-21-31)35-27-10-6-9-23-19-32-16-15-26(23)27;1-2(3)4/h3-14,28,32H,15-20H2,1-2H3,(H,33,35)(H,34,39);1H3,(H,3,4). The van der Waals surface area contributed by atoms with Gasteiger partial charge in [-0.2, -0.15) is 5.26 Å². The Hall–Kier alpha value is -5.08. The molecule has 1 atom stereocenters. The lowest BCUT2D eigenvalue weighted by atomic mass is 9.99. The fraction of sp³-hybridized carbons (Fsp3) is 0.312. The van der Waals surface area contributed by atoms with Gasteiger partial charge in [0.05, 0.1) is 11.7 Å². The van der Waals surface area contributed by atoms with Crippen molar-refractivity contribution in [3.05, 3.63) is 89.5 Å². The van der Waals surface area contributed by atoms with Gasteiger partial charge in [-0.15, -0.1) is 0 Å².